The molecule has 1 amide bonds. The van der Waals surface area contributed by atoms with Crippen LogP contribution in [-0.2, 0) is 6.54 Å². The first-order valence-corrected chi connectivity index (χ1v) is 6.40. The molecule has 0 spiro atoms. The number of ether oxygens (including phenoxy) is 1. The molecule has 0 saturated heterocycles. The van der Waals surface area contributed by atoms with Crippen LogP contribution >= 0.6 is 11.3 Å². The van der Waals surface area contributed by atoms with Crippen molar-refractivity contribution in [3.63, 3.8) is 0 Å². The van der Waals surface area contributed by atoms with Gasteiger partial charge in [-0.15, -0.1) is 11.3 Å². The molecule has 4 nitrogen and oxygen atoms in total. The highest BCUT2D eigenvalue weighted by molar-refractivity contribution is 7.09. The Morgan fingerprint density at radius 3 is 2.67 bits per heavy atom. The highest BCUT2D eigenvalue weighted by atomic mass is 32.1. The van der Waals surface area contributed by atoms with Crippen molar-refractivity contribution in [2.45, 2.75) is 13.5 Å². The molecule has 1 aromatic heterocycles. The Morgan fingerprint density at radius 2 is 2.11 bits per heavy atom. The summed E-state index contributed by atoms with van der Waals surface area (Å²) < 4.78 is 5.07. The number of carbonyl (C=O) groups excluding carboxylic acids is 1. The van der Waals surface area contributed by atoms with Gasteiger partial charge in [0, 0.05) is 11.4 Å². The molecule has 1 aromatic carbocycles. The molecular weight excluding hydrogens is 248 g/mol. The predicted molar refractivity (Wildman–Crippen MR) is 71.0 cm³/mol. The highest BCUT2D eigenvalue weighted by Gasteiger charge is 2.10. The normalized spacial score (nSPS) is 10.1. The van der Waals surface area contributed by atoms with E-state index < -0.39 is 0 Å². The Morgan fingerprint density at radius 1 is 1.39 bits per heavy atom. The van der Waals surface area contributed by atoms with Gasteiger partial charge in [0.15, 0.2) is 0 Å². The lowest BCUT2D eigenvalue weighted by molar-refractivity contribution is 0.0946. The molecule has 0 radical (unpaired) electrons. The van der Waals surface area contributed by atoms with Crippen molar-refractivity contribution in [1.82, 2.24) is 10.3 Å². The molecule has 0 bridgehead atoms. The Hall–Kier alpha value is -1.88. The van der Waals surface area contributed by atoms with E-state index >= 15 is 0 Å². The molecule has 0 fully saturated rings. The summed E-state index contributed by atoms with van der Waals surface area (Å²) in [6.07, 6.45) is 0. The fourth-order valence-electron chi connectivity index (χ4n) is 1.53. The number of thiazole rings is 1. The third-order valence-corrected chi connectivity index (χ3v) is 3.33. The largest absolute Gasteiger partial charge is 0.497 e. The van der Waals surface area contributed by atoms with Crippen LogP contribution in [-0.4, -0.2) is 18.0 Å². The topological polar surface area (TPSA) is 51.2 Å². The molecule has 2 aromatic rings. The summed E-state index contributed by atoms with van der Waals surface area (Å²) in [6.45, 7) is 2.37. The lowest BCUT2D eigenvalue weighted by atomic mass is 10.2. The van der Waals surface area contributed by atoms with E-state index in [1.54, 1.807) is 12.6 Å². The van der Waals surface area contributed by atoms with Crippen molar-refractivity contribution in [3.05, 3.63) is 45.9 Å². The molecule has 0 saturated carbocycles. The van der Waals surface area contributed by atoms with E-state index in [1.807, 2.05) is 31.2 Å². The van der Waals surface area contributed by atoms with Crippen LogP contribution in [0.2, 0.25) is 0 Å². The van der Waals surface area contributed by atoms with Crippen LogP contribution in [0, 0.1) is 6.92 Å². The number of nitrogens with zero attached hydrogens (tertiary/aromatic N) is 1. The minimum atomic E-state index is -0.135. The maximum Gasteiger partial charge on any atom is 0.271 e. The molecule has 0 aliphatic rings. The summed E-state index contributed by atoms with van der Waals surface area (Å²) in [5.74, 6) is 0.671. The number of aromatic nitrogens is 1. The van der Waals surface area contributed by atoms with Gasteiger partial charge >= 0.3 is 0 Å². The first-order chi connectivity index (χ1) is 8.70. The van der Waals surface area contributed by atoms with Gasteiger partial charge in [-0.1, -0.05) is 12.1 Å². The zero-order valence-corrected chi connectivity index (χ0v) is 11.1. The molecule has 2 rings (SSSR count). The maximum absolute atomic E-state index is 11.8. The van der Waals surface area contributed by atoms with Crippen molar-refractivity contribution in [1.29, 1.82) is 0 Å². The highest BCUT2D eigenvalue weighted by Crippen LogP contribution is 2.13. The average molecular weight is 262 g/mol. The van der Waals surface area contributed by atoms with Crippen LogP contribution < -0.4 is 10.1 Å². The monoisotopic (exact) mass is 262 g/mol. The molecule has 5 heteroatoms. The zero-order valence-electron chi connectivity index (χ0n) is 10.3. The first kappa shape index (κ1) is 12.6. The van der Waals surface area contributed by atoms with Gasteiger partial charge in [-0.2, -0.15) is 0 Å². The molecule has 94 valence electrons. The van der Waals surface area contributed by atoms with Crippen LogP contribution in [0.5, 0.6) is 5.75 Å². The van der Waals surface area contributed by atoms with Crippen LogP contribution in [0.15, 0.2) is 29.8 Å². The molecule has 0 unspecified atom stereocenters. The van der Waals surface area contributed by atoms with Gasteiger partial charge in [-0.25, -0.2) is 4.98 Å². The van der Waals surface area contributed by atoms with E-state index in [1.165, 1.54) is 11.3 Å². The van der Waals surface area contributed by atoms with E-state index in [0.29, 0.717) is 12.2 Å². The number of carbonyl (C=O) groups is 1. The van der Waals surface area contributed by atoms with E-state index in [0.717, 1.165) is 16.2 Å². The van der Waals surface area contributed by atoms with Crippen LogP contribution in [0.25, 0.3) is 0 Å². The standard InChI is InChI=1S/C13H14N2O2S/c1-9-12(15-8-18-9)13(16)14-7-10-3-5-11(17-2)6-4-10/h3-6,8H,7H2,1-2H3,(H,14,16). The summed E-state index contributed by atoms with van der Waals surface area (Å²) in [7, 11) is 1.63. The third-order valence-electron chi connectivity index (χ3n) is 2.57. The molecule has 1 N–H and O–H groups in total. The number of benzene rings is 1. The minimum absolute atomic E-state index is 0.135. The second-order valence-electron chi connectivity index (χ2n) is 3.79. The van der Waals surface area contributed by atoms with Crippen molar-refractivity contribution >= 4 is 17.2 Å². The number of hydrogen-bond acceptors (Lipinski definition) is 4. The zero-order chi connectivity index (χ0) is 13.0. The van der Waals surface area contributed by atoms with Crippen LogP contribution in [0.4, 0.5) is 0 Å². The summed E-state index contributed by atoms with van der Waals surface area (Å²) in [5.41, 5.74) is 3.21. The van der Waals surface area contributed by atoms with Crippen molar-refractivity contribution in [2.75, 3.05) is 7.11 Å². The minimum Gasteiger partial charge on any atom is -0.497 e. The first-order valence-electron chi connectivity index (χ1n) is 5.52. The maximum atomic E-state index is 11.8. The van der Waals surface area contributed by atoms with E-state index in [2.05, 4.69) is 10.3 Å². The van der Waals surface area contributed by atoms with Gasteiger partial charge in [0.1, 0.15) is 11.4 Å². The summed E-state index contributed by atoms with van der Waals surface area (Å²) in [4.78, 5) is 16.8. The number of hydrogen-bond donors (Lipinski definition) is 1. The number of methoxy groups -OCH3 is 1. The van der Waals surface area contributed by atoms with Crippen LogP contribution in [0.1, 0.15) is 20.9 Å². The Kier molecular flexibility index (Phi) is 3.94. The SMILES string of the molecule is COc1ccc(CNC(=O)c2ncsc2C)cc1. The van der Waals surface area contributed by atoms with Gasteiger partial charge in [0.2, 0.25) is 0 Å². The smallest absolute Gasteiger partial charge is 0.271 e. The molecule has 18 heavy (non-hydrogen) atoms. The van der Waals surface area contributed by atoms with Gasteiger partial charge in [0.25, 0.3) is 5.91 Å². The van der Waals surface area contributed by atoms with Crippen molar-refractivity contribution in [3.8, 4) is 5.75 Å². The quantitative estimate of drug-likeness (QED) is 0.920. The van der Waals surface area contributed by atoms with Crippen molar-refractivity contribution < 1.29 is 9.53 Å². The van der Waals surface area contributed by atoms with Gasteiger partial charge in [-0.05, 0) is 24.6 Å². The summed E-state index contributed by atoms with van der Waals surface area (Å²) in [5, 5.41) is 2.84. The second kappa shape index (κ2) is 5.64. The number of amides is 1. The molecule has 1 heterocycles. The number of rotatable bonds is 4. The molecule has 0 aliphatic carbocycles. The molecule has 0 aliphatic heterocycles. The average Bonchev–Trinajstić information content (AvgIpc) is 2.83. The van der Waals surface area contributed by atoms with Gasteiger partial charge in [-0.3, -0.25) is 4.79 Å². The lowest BCUT2D eigenvalue weighted by Crippen LogP contribution is -2.23. The lowest BCUT2D eigenvalue weighted by Gasteiger charge is -2.05. The number of aryl methyl sites for hydroxylation is 1. The van der Waals surface area contributed by atoms with Gasteiger partial charge < -0.3 is 10.1 Å². The third kappa shape index (κ3) is 2.87. The second-order valence-corrected chi connectivity index (χ2v) is 4.85. The molecular formula is C13H14N2O2S. The van der Waals surface area contributed by atoms with E-state index in [4.69, 9.17) is 4.74 Å². The van der Waals surface area contributed by atoms with Gasteiger partial charge in [0.05, 0.1) is 12.6 Å². The Bertz CT molecular complexity index is 534. The van der Waals surface area contributed by atoms with E-state index in [-0.39, 0.29) is 5.91 Å². The number of nitrogens with one attached hydrogen (secondary N) is 1. The van der Waals surface area contributed by atoms with E-state index in [9.17, 15) is 4.79 Å². The fourth-order valence-corrected chi connectivity index (χ4v) is 2.11. The predicted octanol–water partition coefficient (Wildman–Crippen LogP) is 2.39. The van der Waals surface area contributed by atoms with Crippen molar-refractivity contribution in [2.24, 2.45) is 0 Å². The van der Waals surface area contributed by atoms with Crippen LogP contribution in [0.3, 0.4) is 0 Å². The Balaban J connectivity index is 1.95. The summed E-state index contributed by atoms with van der Waals surface area (Å²) >= 11 is 1.47. The summed E-state index contributed by atoms with van der Waals surface area (Å²) in [6, 6.07) is 7.59. The molecule has 0 atom stereocenters. The Labute approximate surface area is 110 Å². The fraction of sp³-hybridized carbons (Fsp3) is 0.231.